The van der Waals surface area contributed by atoms with Crippen molar-refractivity contribution in [3.63, 3.8) is 0 Å². The maximum Gasteiger partial charge on any atom is 0.115 e. The number of hydrogen-bond acceptors (Lipinski definition) is 5. The lowest BCUT2D eigenvalue weighted by Crippen LogP contribution is -2.29. The molecule has 0 spiro atoms. The van der Waals surface area contributed by atoms with Crippen molar-refractivity contribution in [2.75, 3.05) is 26.8 Å². The average Bonchev–Trinajstić information content (AvgIpc) is 2.30. The molecule has 1 aromatic heterocycles. The molecule has 0 aliphatic heterocycles. The summed E-state index contributed by atoms with van der Waals surface area (Å²) in [6.45, 7) is 3.96. The average molecular weight is 225 g/mol. The fraction of sp³-hybridized carbons (Fsp3) is 0.636. The van der Waals surface area contributed by atoms with Gasteiger partial charge in [0.2, 0.25) is 0 Å². The van der Waals surface area contributed by atoms with E-state index in [1.807, 2.05) is 0 Å². The van der Waals surface area contributed by atoms with Crippen LogP contribution in [0.2, 0.25) is 0 Å². The van der Waals surface area contributed by atoms with Crippen LogP contribution in [-0.2, 0) is 10.3 Å². The Labute approximate surface area is 95.9 Å². The van der Waals surface area contributed by atoms with Crippen molar-refractivity contribution in [1.29, 1.82) is 0 Å². The monoisotopic (exact) mass is 225 g/mol. The van der Waals surface area contributed by atoms with Gasteiger partial charge in [-0.1, -0.05) is 0 Å². The van der Waals surface area contributed by atoms with Gasteiger partial charge in [-0.2, -0.15) is 0 Å². The SMILES string of the molecule is COCCNCCC(C)(O)c1cncnc1. The lowest BCUT2D eigenvalue weighted by molar-refractivity contribution is 0.0468. The van der Waals surface area contributed by atoms with E-state index < -0.39 is 5.60 Å². The van der Waals surface area contributed by atoms with E-state index in [4.69, 9.17) is 4.74 Å². The quantitative estimate of drug-likeness (QED) is 0.654. The molecule has 5 heteroatoms. The highest BCUT2D eigenvalue weighted by Gasteiger charge is 2.22. The van der Waals surface area contributed by atoms with Gasteiger partial charge in [0.05, 0.1) is 12.2 Å². The van der Waals surface area contributed by atoms with Gasteiger partial charge in [0, 0.05) is 31.6 Å². The van der Waals surface area contributed by atoms with Crippen LogP contribution in [0.5, 0.6) is 0 Å². The fourth-order valence-corrected chi connectivity index (χ4v) is 1.35. The van der Waals surface area contributed by atoms with Gasteiger partial charge in [0.1, 0.15) is 6.33 Å². The number of hydrogen-bond donors (Lipinski definition) is 2. The van der Waals surface area contributed by atoms with Gasteiger partial charge in [-0.3, -0.25) is 0 Å². The Morgan fingerprint density at radius 2 is 2.06 bits per heavy atom. The smallest absolute Gasteiger partial charge is 0.115 e. The molecule has 0 bridgehead atoms. The van der Waals surface area contributed by atoms with Crippen LogP contribution in [-0.4, -0.2) is 41.9 Å². The van der Waals surface area contributed by atoms with Gasteiger partial charge in [-0.05, 0) is 19.9 Å². The Kier molecular flexibility index (Phi) is 5.31. The van der Waals surface area contributed by atoms with Crippen LogP contribution in [0, 0.1) is 0 Å². The molecule has 0 saturated carbocycles. The van der Waals surface area contributed by atoms with Gasteiger partial charge in [0.15, 0.2) is 0 Å². The first-order valence-corrected chi connectivity index (χ1v) is 5.34. The van der Waals surface area contributed by atoms with Crippen LogP contribution in [0.15, 0.2) is 18.7 Å². The molecule has 1 heterocycles. The second-order valence-electron chi connectivity index (χ2n) is 3.89. The minimum absolute atomic E-state index is 0.615. The Morgan fingerprint density at radius 3 is 2.69 bits per heavy atom. The normalized spacial score (nSPS) is 14.7. The Morgan fingerprint density at radius 1 is 1.38 bits per heavy atom. The third-order valence-electron chi connectivity index (χ3n) is 2.45. The zero-order chi connectivity index (χ0) is 11.9. The lowest BCUT2D eigenvalue weighted by Gasteiger charge is -2.23. The molecule has 0 radical (unpaired) electrons. The van der Waals surface area contributed by atoms with E-state index in [1.165, 1.54) is 6.33 Å². The number of aromatic nitrogens is 2. The Balaban J connectivity index is 2.35. The Hall–Kier alpha value is -1.04. The first kappa shape index (κ1) is 13.0. The van der Waals surface area contributed by atoms with Crippen LogP contribution in [0.4, 0.5) is 0 Å². The van der Waals surface area contributed by atoms with Gasteiger partial charge in [-0.25, -0.2) is 9.97 Å². The molecule has 1 rings (SSSR count). The number of nitrogens with zero attached hydrogens (tertiary/aromatic N) is 2. The van der Waals surface area contributed by atoms with E-state index >= 15 is 0 Å². The number of methoxy groups -OCH3 is 1. The molecule has 1 atom stereocenters. The molecular weight excluding hydrogens is 206 g/mol. The van der Waals surface area contributed by atoms with E-state index in [-0.39, 0.29) is 0 Å². The topological polar surface area (TPSA) is 67.3 Å². The van der Waals surface area contributed by atoms with Crippen molar-refractivity contribution in [1.82, 2.24) is 15.3 Å². The summed E-state index contributed by atoms with van der Waals surface area (Å²) in [4.78, 5) is 7.79. The number of aliphatic hydroxyl groups is 1. The summed E-state index contributed by atoms with van der Waals surface area (Å²) in [6.07, 6.45) is 5.35. The molecule has 2 N–H and O–H groups in total. The van der Waals surface area contributed by atoms with Crippen LogP contribution in [0.1, 0.15) is 18.9 Å². The van der Waals surface area contributed by atoms with Gasteiger partial charge in [0.25, 0.3) is 0 Å². The lowest BCUT2D eigenvalue weighted by atomic mass is 9.95. The zero-order valence-electron chi connectivity index (χ0n) is 9.81. The van der Waals surface area contributed by atoms with E-state index in [1.54, 1.807) is 26.4 Å². The predicted octanol–water partition coefficient (Wildman–Crippen LogP) is 0.310. The zero-order valence-corrected chi connectivity index (χ0v) is 9.81. The molecular formula is C11H19N3O2. The maximum atomic E-state index is 10.2. The molecule has 1 unspecified atom stereocenters. The first-order valence-electron chi connectivity index (χ1n) is 5.34. The van der Waals surface area contributed by atoms with E-state index in [0.29, 0.717) is 13.0 Å². The molecule has 0 amide bonds. The largest absolute Gasteiger partial charge is 0.385 e. The highest BCUT2D eigenvalue weighted by atomic mass is 16.5. The van der Waals surface area contributed by atoms with Gasteiger partial charge in [-0.15, -0.1) is 0 Å². The second kappa shape index (κ2) is 6.52. The van der Waals surface area contributed by atoms with Crippen LogP contribution < -0.4 is 5.32 Å². The highest BCUT2D eigenvalue weighted by Crippen LogP contribution is 2.21. The number of rotatable bonds is 7. The molecule has 90 valence electrons. The van der Waals surface area contributed by atoms with Crippen LogP contribution in [0.3, 0.4) is 0 Å². The number of nitrogens with one attached hydrogen (secondary N) is 1. The molecule has 0 saturated heterocycles. The summed E-state index contributed by atoms with van der Waals surface area (Å²) in [5.41, 5.74) is -0.148. The van der Waals surface area contributed by atoms with Crippen molar-refractivity contribution < 1.29 is 9.84 Å². The van der Waals surface area contributed by atoms with Gasteiger partial charge < -0.3 is 15.2 Å². The third kappa shape index (κ3) is 4.22. The summed E-state index contributed by atoms with van der Waals surface area (Å²) in [7, 11) is 1.67. The minimum atomic E-state index is -0.888. The maximum absolute atomic E-state index is 10.2. The highest BCUT2D eigenvalue weighted by molar-refractivity contribution is 5.12. The van der Waals surface area contributed by atoms with Crippen molar-refractivity contribution in [2.24, 2.45) is 0 Å². The van der Waals surface area contributed by atoms with Gasteiger partial charge >= 0.3 is 0 Å². The third-order valence-corrected chi connectivity index (χ3v) is 2.45. The minimum Gasteiger partial charge on any atom is -0.385 e. The molecule has 0 fully saturated rings. The first-order chi connectivity index (χ1) is 7.67. The summed E-state index contributed by atoms with van der Waals surface area (Å²) in [6, 6.07) is 0. The van der Waals surface area contributed by atoms with Crippen molar-refractivity contribution >= 4 is 0 Å². The summed E-state index contributed by atoms with van der Waals surface area (Å²) in [5.74, 6) is 0. The van der Waals surface area contributed by atoms with Crippen molar-refractivity contribution in [2.45, 2.75) is 18.9 Å². The Bertz CT molecular complexity index is 291. The molecule has 5 nitrogen and oxygen atoms in total. The van der Waals surface area contributed by atoms with Crippen molar-refractivity contribution in [3.8, 4) is 0 Å². The molecule has 16 heavy (non-hydrogen) atoms. The summed E-state index contributed by atoms with van der Waals surface area (Å²) >= 11 is 0. The van der Waals surface area contributed by atoms with Crippen LogP contribution in [0.25, 0.3) is 0 Å². The fourth-order valence-electron chi connectivity index (χ4n) is 1.35. The summed E-state index contributed by atoms with van der Waals surface area (Å²) < 4.78 is 4.91. The van der Waals surface area contributed by atoms with E-state index in [9.17, 15) is 5.11 Å². The van der Waals surface area contributed by atoms with E-state index in [2.05, 4.69) is 15.3 Å². The molecule has 1 aromatic rings. The van der Waals surface area contributed by atoms with Crippen LogP contribution >= 0.6 is 0 Å². The molecule has 0 aliphatic carbocycles. The second-order valence-corrected chi connectivity index (χ2v) is 3.89. The summed E-state index contributed by atoms with van der Waals surface area (Å²) in [5, 5.41) is 13.4. The van der Waals surface area contributed by atoms with Crippen molar-refractivity contribution in [3.05, 3.63) is 24.3 Å². The number of ether oxygens (including phenoxy) is 1. The molecule has 0 aliphatic rings. The predicted molar refractivity (Wildman–Crippen MR) is 61.0 cm³/mol. The molecule has 0 aromatic carbocycles. The standard InChI is InChI=1S/C11H19N3O2/c1-11(15,3-4-12-5-6-16-2)10-7-13-9-14-8-10/h7-9,12,15H,3-6H2,1-2H3. The van der Waals surface area contributed by atoms with E-state index in [0.717, 1.165) is 18.7 Å².